The van der Waals surface area contributed by atoms with Crippen LogP contribution in [0.4, 0.5) is 0 Å². The Morgan fingerprint density at radius 1 is 1.36 bits per heavy atom. The number of hydrogen-bond donors (Lipinski definition) is 2. The van der Waals surface area contributed by atoms with Gasteiger partial charge < -0.3 is 15.2 Å². The average molecular weight is 211 g/mol. The highest BCUT2D eigenvalue weighted by Crippen LogP contribution is 2.07. The second kappa shape index (κ2) is 6.34. The zero-order chi connectivity index (χ0) is 10.2. The van der Waals surface area contributed by atoms with Gasteiger partial charge in [-0.25, -0.2) is 0 Å². The molecule has 0 saturated carbocycles. The molecular formula is C10H13NO2S. The minimum atomic E-state index is 0.154. The average Bonchev–Trinajstić information content (AvgIpc) is 2.20. The minimum absolute atomic E-state index is 0.154. The van der Waals surface area contributed by atoms with Crippen molar-refractivity contribution in [1.29, 1.82) is 0 Å². The van der Waals surface area contributed by atoms with Crippen molar-refractivity contribution < 1.29 is 9.84 Å². The summed E-state index contributed by atoms with van der Waals surface area (Å²) in [5, 5.41) is 11.8. The van der Waals surface area contributed by atoms with Crippen LogP contribution in [0, 0.1) is 0 Å². The van der Waals surface area contributed by atoms with E-state index >= 15 is 0 Å². The number of nitrogens with one attached hydrogen (secondary N) is 1. The number of benzene rings is 1. The predicted octanol–water partition coefficient (Wildman–Crippen LogP) is 1.32. The molecule has 0 aliphatic carbocycles. The van der Waals surface area contributed by atoms with Crippen molar-refractivity contribution >= 4 is 17.4 Å². The largest absolute Gasteiger partial charge is 0.432 e. The first kappa shape index (κ1) is 10.9. The van der Waals surface area contributed by atoms with Crippen LogP contribution in [-0.2, 0) is 0 Å². The van der Waals surface area contributed by atoms with Crippen LogP contribution in [0.15, 0.2) is 30.3 Å². The number of aliphatic hydroxyl groups is 1. The number of ether oxygens (including phenoxy) is 1. The summed E-state index contributed by atoms with van der Waals surface area (Å²) in [6.45, 7) is 0.781. The van der Waals surface area contributed by atoms with Crippen molar-refractivity contribution in [3.05, 3.63) is 30.3 Å². The molecule has 0 saturated heterocycles. The van der Waals surface area contributed by atoms with Gasteiger partial charge in [0.1, 0.15) is 5.75 Å². The lowest BCUT2D eigenvalue weighted by molar-refractivity contribution is 0.288. The maximum atomic E-state index is 8.54. The van der Waals surface area contributed by atoms with Crippen LogP contribution < -0.4 is 10.1 Å². The zero-order valence-corrected chi connectivity index (χ0v) is 8.59. The van der Waals surface area contributed by atoms with Crippen LogP contribution in [0.1, 0.15) is 6.42 Å². The minimum Gasteiger partial charge on any atom is -0.432 e. The number of rotatable bonds is 4. The summed E-state index contributed by atoms with van der Waals surface area (Å²) in [6.07, 6.45) is 0.665. The highest BCUT2D eigenvalue weighted by atomic mass is 32.1. The Labute approximate surface area is 88.7 Å². The third kappa shape index (κ3) is 4.20. The van der Waals surface area contributed by atoms with E-state index in [0.29, 0.717) is 23.9 Å². The van der Waals surface area contributed by atoms with Crippen LogP contribution in [0.5, 0.6) is 5.75 Å². The van der Waals surface area contributed by atoms with E-state index in [0.717, 1.165) is 0 Å². The van der Waals surface area contributed by atoms with Crippen molar-refractivity contribution in [2.75, 3.05) is 13.2 Å². The topological polar surface area (TPSA) is 41.5 Å². The van der Waals surface area contributed by atoms with Gasteiger partial charge >= 0.3 is 0 Å². The monoisotopic (exact) mass is 211 g/mol. The van der Waals surface area contributed by atoms with Crippen LogP contribution in [0.25, 0.3) is 0 Å². The fourth-order valence-corrected chi connectivity index (χ4v) is 1.10. The number of aliphatic hydroxyl groups excluding tert-OH is 1. The van der Waals surface area contributed by atoms with E-state index < -0.39 is 0 Å². The molecule has 0 spiro atoms. The predicted molar refractivity (Wildman–Crippen MR) is 59.4 cm³/mol. The smallest absolute Gasteiger partial charge is 0.262 e. The molecular weight excluding hydrogens is 198 g/mol. The fourth-order valence-electron chi connectivity index (χ4n) is 0.901. The molecule has 1 aromatic carbocycles. The molecule has 2 N–H and O–H groups in total. The maximum Gasteiger partial charge on any atom is 0.262 e. The summed E-state index contributed by atoms with van der Waals surface area (Å²) in [5.41, 5.74) is 0. The Morgan fingerprint density at radius 3 is 2.71 bits per heavy atom. The Hall–Kier alpha value is -1.13. The molecule has 0 radical (unpaired) electrons. The molecule has 0 atom stereocenters. The molecule has 0 aliphatic heterocycles. The summed E-state index contributed by atoms with van der Waals surface area (Å²) in [7, 11) is 0. The van der Waals surface area contributed by atoms with Gasteiger partial charge in [-0.05, 0) is 30.8 Å². The van der Waals surface area contributed by atoms with Crippen molar-refractivity contribution in [2.45, 2.75) is 6.42 Å². The van der Waals surface area contributed by atoms with Crippen molar-refractivity contribution in [3.8, 4) is 5.75 Å². The van der Waals surface area contributed by atoms with Gasteiger partial charge in [-0.2, -0.15) is 0 Å². The van der Waals surface area contributed by atoms with Gasteiger partial charge in [-0.1, -0.05) is 18.2 Å². The molecule has 76 valence electrons. The molecule has 0 bridgehead atoms. The van der Waals surface area contributed by atoms with Gasteiger partial charge in [0.2, 0.25) is 0 Å². The molecule has 0 heterocycles. The molecule has 1 aromatic rings. The van der Waals surface area contributed by atoms with Gasteiger partial charge in [0.15, 0.2) is 0 Å². The first-order chi connectivity index (χ1) is 6.83. The summed E-state index contributed by atoms with van der Waals surface area (Å²) >= 11 is 4.93. The van der Waals surface area contributed by atoms with E-state index in [-0.39, 0.29) is 6.61 Å². The van der Waals surface area contributed by atoms with Crippen molar-refractivity contribution in [1.82, 2.24) is 5.32 Å². The summed E-state index contributed by atoms with van der Waals surface area (Å²) in [5.74, 6) is 0.717. The Bertz CT molecular complexity index is 277. The molecule has 0 aliphatic rings. The second-order valence-corrected chi connectivity index (χ2v) is 3.08. The Kier molecular flexibility index (Phi) is 4.96. The molecule has 4 heteroatoms. The highest BCUT2D eigenvalue weighted by molar-refractivity contribution is 7.80. The molecule has 0 aromatic heterocycles. The van der Waals surface area contributed by atoms with Crippen LogP contribution in [0.2, 0.25) is 0 Å². The SMILES string of the molecule is OCCCNC(=S)Oc1ccccc1. The molecule has 14 heavy (non-hydrogen) atoms. The van der Waals surface area contributed by atoms with E-state index in [1.54, 1.807) is 0 Å². The molecule has 0 fully saturated rings. The van der Waals surface area contributed by atoms with Gasteiger partial charge in [0.05, 0.1) is 0 Å². The fraction of sp³-hybridized carbons (Fsp3) is 0.300. The lowest BCUT2D eigenvalue weighted by Gasteiger charge is -2.08. The first-order valence-electron chi connectivity index (χ1n) is 4.44. The number of thiocarbonyl (C=S) groups is 1. The Morgan fingerprint density at radius 2 is 2.07 bits per heavy atom. The summed E-state index contributed by atoms with van der Waals surface area (Å²) in [6, 6.07) is 9.34. The normalized spacial score (nSPS) is 9.50. The quantitative estimate of drug-likeness (QED) is 0.582. The maximum absolute atomic E-state index is 8.54. The van der Waals surface area contributed by atoms with Crippen molar-refractivity contribution in [2.24, 2.45) is 0 Å². The van der Waals surface area contributed by atoms with E-state index in [2.05, 4.69) is 5.32 Å². The van der Waals surface area contributed by atoms with E-state index in [1.165, 1.54) is 0 Å². The van der Waals surface area contributed by atoms with E-state index in [9.17, 15) is 0 Å². The van der Waals surface area contributed by atoms with E-state index in [4.69, 9.17) is 22.1 Å². The first-order valence-corrected chi connectivity index (χ1v) is 4.85. The van der Waals surface area contributed by atoms with E-state index in [1.807, 2.05) is 30.3 Å². The standard InChI is InChI=1S/C10H13NO2S/c12-8-4-7-11-10(14)13-9-5-2-1-3-6-9/h1-3,5-6,12H,4,7-8H2,(H,11,14). The molecule has 0 amide bonds. The summed E-state index contributed by atoms with van der Waals surface area (Å²) in [4.78, 5) is 0. The molecule has 0 unspecified atom stereocenters. The second-order valence-electron chi connectivity index (χ2n) is 2.71. The van der Waals surface area contributed by atoms with Gasteiger partial charge in [-0.15, -0.1) is 0 Å². The van der Waals surface area contributed by atoms with Crippen LogP contribution >= 0.6 is 12.2 Å². The number of para-hydroxylation sites is 1. The van der Waals surface area contributed by atoms with Gasteiger partial charge in [0, 0.05) is 13.2 Å². The highest BCUT2D eigenvalue weighted by Gasteiger charge is 1.97. The van der Waals surface area contributed by atoms with Crippen LogP contribution in [-0.4, -0.2) is 23.4 Å². The van der Waals surface area contributed by atoms with Crippen LogP contribution in [0.3, 0.4) is 0 Å². The zero-order valence-electron chi connectivity index (χ0n) is 7.77. The third-order valence-corrected chi connectivity index (χ3v) is 1.79. The summed E-state index contributed by atoms with van der Waals surface area (Å²) < 4.78 is 5.30. The van der Waals surface area contributed by atoms with Gasteiger partial charge in [-0.3, -0.25) is 0 Å². The molecule has 1 rings (SSSR count). The lowest BCUT2D eigenvalue weighted by Crippen LogP contribution is -2.27. The van der Waals surface area contributed by atoms with Crippen molar-refractivity contribution in [3.63, 3.8) is 0 Å². The Balaban J connectivity index is 2.27. The van der Waals surface area contributed by atoms with Gasteiger partial charge in [0.25, 0.3) is 5.17 Å². The molecule has 3 nitrogen and oxygen atoms in total. The number of hydrogen-bond acceptors (Lipinski definition) is 3. The lowest BCUT2D eigenvalue weighted by atomic mass is 10.3. The third-order valence-electron chi connectivity index (χ3n) is 1.56.